The van der Waals surface area contributed by atoms with Crippen LogP contribution in [0.25, 0.3) is 0 Å². The Morgan fingerprint density at radius 1 is 1.57 bits per heavy atom. The van der Waals surface area contributed by atoms with E-state index in [0.717, 1.165) is 17.5 Å². The van der Waals surface area contributed by atoms with Crippen molar-refractivity contribution in [2.24, 2.45) is 5.73 Å². The van der Waals surface area contributed by atoms with Crippen LogP contribution in [0, 0.1) is 0 Å². The van der Waals surface area contributed by atoms with Gasteiger partial charge in [-0.1, -0.05) is 6.42 Å². The first kappa shape index (κ1) is 10.1. The van der Waals surface area contributed by atoms with E-state index in [1.165, 1.54) is 25.0 Å². The molecule has 1 aromatic rings. The summed E-state index contributed by atoms with van der Waals surface area (Å²) < 4.78 is 2.20. The average molecular weight is 211 g/mol. The smallest absolute Gasteiger partial charge is 0.0948 e. The van der Waals surface area contributed by atoms with Gasteiger partial charge in [0, 0.05) is 24.5 Å². The van der Waals surface area contributed by atoms with Gasteiger partial charge in [0.2, 0.25) is 0 Å². The van der Waals surface area contributed by atoms with Gasteiger partial charge in [-0.15, -0.1) is 0 Å². The molecule has 2 heterocycles. The molecule has 0 spiro atoms. The second-order valence-corrected chi connectivity index (χ2v) is 5.14. The van der Waals surface area contributed by atoms with Crippen molar-refractivity contribution >= 4 is 11.8 Å². The van der Waals surface area contributed by atoms with E-state index in [0.29, 0.717) is 6.54 Å². The fourth-order valence-electron chi connectivity index (χ4n) is 1.85. The second kappa shape index (κ2) is 4.84. The molecule has 0 radical (unpaired) electrons. The molecule has 78 valence electrons. The monoisotopic (exact) mass is 211 g/mol. The zero-order chi connectivity index (χ0) is 9.80. The number of nitrogens with two attached hydrogens (primary N) is 1. The predicted octanol–water partition coefficient (Wildman–Crippen LogP) is 1.63. The second-order valence-electron chi connectivity index (χ2n) is 3.73. The minimum absolute atomic E-state index is 0.595. The van der Waals surface area contributed by atoms with E-state index in [2.05, 4.69) is 21.3 Å². The zero-order valence-corrected chi connectivity index (χ0v) is 9.17. The highest BCUT2D eigenvalue weighted by molar-refractivity contribution is 7.99. The fraction of sp³-hybridized carbons (Fsp3) is 0.700. The van der Waals surface area contributed by atoms with Crippen molar-refractivity contribution in [3.05, 3.63) is 18.2 Å². The van der Waals surface area contributed by atoms with Crippen LogP contribution in [0.3, 0.4) is 0 Å². The summed E-state index contributed by atoms with van der Waals surface area (Å²) in [4.78, 5) is 4.13. The molecule has 1 aromatic heterocycles. The quantitative estimate of drug-likeness (QED) is 0.826. The number of hydrogen-bond acceptors (Lipinski definition) is 3. The maximum Gasteiger partial charge on any atom is 0.0948 e. The standard InChI is InChI=1S/C10H17N3S/c11-5-9-6-12-8-13(9)7-10-3-1-2-4-14-10/h6,8,10H,1-5,7,11H2. The molecule has 1 unspecified atom stereocenters. The van der Waals surface area contributed by atoms with Crippen LogP contribution in [0.2, 0.25) is 0 Å². The van der Waals surface area contributed by atoms with E-state index in [9.17, 15) is 0 Å². The molecule has 3 nitrogen and oxygen atoms in total. The highest BCUT2D eigenvalue weighted by Gasteiger charge is 2.15. The first-order valence-corrected chi connectivity index (χ1v) is 6.25. The third kappa shape index (κ3) is 2.30. The van der Waals surface area contributed by atoms with E-state index in [-0.39, 0.29) is 0 Å². The number of aromatic nitrogens is 2. The largest absolute Gasteiger partial charge is 0.332 e. The Morgan fingerprint density at radius 2 is 2.50 bits per heavy atom. The summed E-state index contributed by atoms with van der Waals surface area (Å²) in [5, 5.41) is 0.767. The molecule has 0 saturated carbocycles. The summed E-state index contributed by atoms with van der Waals surface area (Å²) in [6.07, 6.45) is 7.87. The molecule has 0 bridgehead atoms. The first-order valence-electron chi connectivity index (χ1n) is 5.21. The fourth-order valence-corrected chi connectivity index (χ4v) is 3.16. The summed E-state index contributed by atoms with van der Waals surface area (Å²) in [6.45, 7) is 1.68. The lowest BCUT2D eigenvalue weighted by Gasteiger charge is -2.22. The third-order valence-corrected chi connectivity index (χ3v) is 4.06. The molecule has 1 saturated heterocycles. The third-order valence-electron chi connectivity index (χ3n) is 2.68. The van der Waals surface area contributed by atoms with Crippen LogP contribution in [-0.2, 0) is 13.1 Å². The van der Waals surface area contributed by atoms with Crippen molar-refractivity contribution in [1.82, 2.24) is 9.55 Å². The maximum absolute atomic E-state index is 5.63. The van der Waals surface area contributed by atoms with Crippen LogP contribution < -0.4 is 5.73 Å². The molecule has 1 aliphatic heterocycles. The van der Waals surface area contributed by atoms with Gasteiger partial charge < -0.3 is 10.3 Å². The summed E-state index contributed by atoms with van der Waals surface area (Å²) in [5.41, 5.74) is 6.78. The predicted molar refractivity (Wildman–Crippen MR) is 60.2 cm³/mol. The number of imidazole rings is 1. The molecule has 1 aliphatic rings. The van der Waals surface area contributed by atoms with E-state index in [1.807, 2.05) is 12.5 Å². The number of rotatable bonds is 3. The average Bonchev–Trinajstić information content (AvgIpc) is 2.67. The Balaban J connectivity index is 1.95. The molecule has 4 heteroatoms. The van der Waals surface area contributed by atoms with Crippen LogP contribution in [0.4, 0.5) is 0 Å². The molecule has 0 aromatic carbocycles. The van der Waals surface area contributed by atoms with Crippen molar-refractivity contribution in [3.63, 3.8) is 0 Å². The van der Waals surface area contributed by atoms with Gasteiger partial charge in [0.05, 0.1) is 12.0 Å². The Kier molecular flexibility index (Phi) is 3.48. The SMILES string of the molecule is NCc1cncn1CC1CCCCS1. The lowest BCUT2D eigenvalue weighted by molar-refractivity contribution is 0.570. The topological polar surface area (TPSA) is 43.8 Å². The first-order chi connectivity index (χ1) is 6.90. The lowest BCUT2D eigenvalue weighted by atomic mass is 10.2. The Hall–Kier alpha value is -0.480. The van der Waals surface area contributed by atoms with Crippen molar-refractivity contribution in [2.75, 3.05) is 5.75 Å². The molecule has 2 rings (SSSR count). The van der Waals surface area contributed by atoms with Crippen molar-refractivity contribution in [1.29, 1.82) is 0 Å². The van der Waals surface area contributed by atoms with Crippen LogP contribution >= 0.6 is 11.8 Å². The molecular formula is C10H17N3S. The number of nitrogens with zero attached hydrogens (tertiary/aromatic N) is 2. The molecule has 1 fully saturated rings. The Morgan fingerprint density at radius 3 is 3.21 bits per heavy atom. The van der Waals surface area contributed by atoms with Crippen LogP contribution in [0.5, 0.6) is 0 Å². The van der Waals surface area contributed by atoms with E-state index in [4.69, 9.17) is 5.73 Å². The molecule has 0 amide bonds. The van der Waals surface area contributed by atoms with Gasteiger partial charge in [0.1, 0.15) is 0 Å². The van der Waals surface area contributed by atoms with Crippen LogP contribution in [0.1, 0.15) is 25.0 Å². The van der Waals surface area contributed by atoms with Crippen molar-refractivity contribution in [2.45, 2.75) is 37.6 Å². The Bertz CT molecular complexity index is 279. The van der Waals surface area contributed by atoms with Crippen molar-refractivity contribution < 1.29 is 0 Å². The van der Waals surface area contributed by atoms with Gasteiger partial charge in [-0.2, -0.15) is 11.8 Å². The van der Waals surface area contributed by atoms with Gasteiger partial charge in [-0.05, 0) is 18.6 Å². The minimum atomic E-state index is 0.595. The van der Waals surface area contributed by atoms with Gasteiger partial charge in [-0.25, -0.2) is 4.98 Å². The van der Waals surface area contributed by atoms with Gasteiger partial charge in [0.15, 0.2) is 0 Å². The van der Waals surface area contributed by atoms with E-state index < -0.39 is 0 Å². The zero-order valence-electron chi connectivity index (χ0n) is 8.35. The highest BCUT2D eigenvalue weighted by atomic mass is 32.2. The van der Waals surface area contributed by atoms with E-state index in [1.54, 1.807) is 0 Å². The molecule has 2 N–H and O–H groups in total. The summed E-state index contributed by atoms with van der Waals surface area (Å²) in [5.74, 6) is 1.32. The summed E-state index contributed by atoms with van der Waals surface area (Å²) in [6, 6.07) is 0. The molecule has 1 atom stereocenters. The maximum atomic E-state index is 5.63. The molecule has 14 heavy (non-hydrogen) atoms. The van der Waals surface area contributed by atoms with Crippen molar-refractivity contribution in [3.8, 4) is 0 Å². The number of hydrogen-bond donors (Lipinski definition) is 1. The lowest BCUT2D eigenvalue weighted by Crippen LogP contribution is -2.18. The van der Waals surface area contributed by atoms with Gasteiger partial charge in [-0.3, -0.25) is 0 Å². The summed E-state index contributed by atoms with van der Waals surface area (Å²) in [7, 11) is 0. The minimum Gasteiger partial charge on any atom is -0.332 e. The Labute approximate surface area is 89.1 Å². The van der Waals surface area contributed by atoms with Crippen LogP contribution in [0.15, 0.2) is 12.5 Å². The highest BCUT2D eigenvalue weighted by Crippen LogP contribution is 2.26. The van der Waals surface area contributed by atoms with Gasteiger partial charge in [0.25, 0.3) is 0 Å². The van der Waals surface area contributed by atoms with Crippen LogP contribution in [-0.4, -0.2) is 20.6 Å². The number of thioether (sulfide) groups is 1. The molecule has 0 aliphatic carbocycles. The molecular weight excluding hydrogens is 194 g/mol. The normalized spacial score (nSPS) is 22.5. The van der Waals surface area contributed by atoms with Gasteiger partial charge >= 0.3 is 0 Å². The summed E-state index contributed by atoms with van der Waals surface area (Å²) >= 11 is 2.09. The van der Waals surface area contributed by atoms with E-state index >= 15 is 0 Å².